The minimum absolute atomic E-state index is 0.0664. The second-order valence-electron chi connectivity index (χ2n) is 8.91. The van der Waals surface area contributed by atoms with Crippen molar-refractivity contribution in [2.24, 2.45) is 7.05 Å². The van der Waals surface area contributed by atoms with Crippen molar-refractivity contribution in [1.82, 2.24) is 14.8 Å². The number of fused-ring (bicyclic) bond motifs is 4. The first-order valence-corrected chi connectivity index (χ1v) is 11.7. The molecule has 0 aliphatic carbocycles. The number of aryl methyl sites for hydroxylation is 1. The number of para-hydroxylation sites is 1. The Morgan fingerprint density at radius 2 is 1.83 bits per heavy atom. The van der Waals surface area contributed by atoms with E-state index in [-0.39, 0.29) is 31.2 Å². The van der Waals surface area contributed by atoms with E-state index in [4.69, 9.17) is 14.2 Å². The number of ether oxygens (including phenoxy) is 3. The molecule has 8 nitrogen and oxygen atoms in total. The molecule has 6 rings (SSSR count). The van der Waals surface area contributed by atoms with E-state index in [1.54, 1.807) is 12.0 Å². The highest BCUT2D eigenvalue weighted by Gasteiger charge is 2.42. The minimum atomic E-state index is -0.388. The zero-order valence-corrected chi connectivity index (χ0v) is 20.0. The normalized spacial score (nSPS) is 15.9. The molecule has 3 heterocycles. The monoisotopic (exact) mass is 483 g/mol. The van der Waals surface area contributed by atoms with Crippen LogP contribution in [-0.2, 0) is 18.4 Å². The average Bonchev–Trinajstić information content (AvgIpc) is 3.57. The molecule has 1 unspecified atom stereocenters. The molecule has 0 fully saturated rings. The lowest BCUT2D eigenvalue weighted by molar-refractivity contribution is -0.122. The molecule has 8 heteroatoms. The molecule has 4 aromatic rings. The van der Waals surface area contributed by atoms with E-state index in [0.29, 0.717) is 23.7 Å². The number of carbonyl (C=O) groups excluding carboxylic acids is 2. The average molecular weight is 484 g/mol. The molecule has 1 N–H and O–H groups in total. The highest BCUT2D eigenvalue weighted by molar-refractivity contribution is 6.07. The number of amides is 2. The van der Waals surface area contributed by atoms with Crippen LogP contribution >= 0.6 is 0 Å². The van der Waals surface area contributed by atoms with Crippen LogP contribution in [0.3, 0.4) is 0 Å². The summed E-state index contributed by atoms with van der Waals surface area (Å²) in [5.74, 6) is 1.69. The molecule has 2 amide bonds. The van der Waals surface area contributed by atoms with Crippen LogP contribution in [0.15, 0.2) is 66.7 Å². The van der Waals surface area contributed by atoms with Crippen molar-refractivity contribution in [3.8, 4) is 17.2 Å². The van der Waals surface area contributed by atoms with E-state index in [9.17, 15) is 9.59 Å². The summed E-state index contributed by atoms with van der Waals surface area (Å²) in [6.07, 6.45) is 0. The number of hydrogen-bond acceptors (Lipinski definition) is 5. The molecule has 0 spiro atoms. The van der Waals surface area contributed by atoms with Crippen molar-refractivity contribution < 1.29 is 23.8 Å². The molecule has 0 radical (unpaired) electrons. The van der Waals surface area contributed by atoms with Crippen molar-refractivity contribution in [2.75, 3.05) is 20.4 Å². The van der Waals surface area contributed by atoms with Crippen LogP contribution in [0.4, 0.5) is 0 Å². The fourth-order valence-corrected chi connectivity index (χ4v) is 5.13. The minimum Gasteiger partial charge on any atom is -0.497 e. The zero-order chi connectivity index (χ0) is 24.8. The molecule has 0 saturated heterocycles. The van der Waals surface area contributed by atoms with Gasteiger partial charge in [-0.25, -0.2) is 0 Å². The van der Waals surface area contributed by atoms with Gasteiger partial charge in [0.1, 0.15) is 18.0 Å². The number of aromatic nitrogens is 1. The van der Waals surface area contributed by atoms with Crippen molar-refractivity contribution in [2.45, 2.75) is 12.6 Å². The van der Waals surface area contributed by atoms with Crippen LogP contribution in [0.25, 0.3) is 10.9 Å². The molecule has 36 heavy (non-hydrogen) atoms. The standard InChI is InChI=1S/C28H25N3O5/c1-30-21-6-4-3-5-20(21)25-26(18-8-10-19(34-2)11-9-18)31(28(33)27(25)30)15-24(32)29-14-17-7-12-22-23(13-17)36-16-35-22/h3-13,26H,14-16H2,1-2H3,(H,29,32). The fourth-order valence-electron chi connectivity index (χ4n) is 5.13. The third kappa shape index (κ3) is 3.53. The maximum absolute atomic E-state index is 13.7. The van der Waals surface area contributed by atoms with Crippen molar-refractivity contribution in [3.63, 3.8) is 0 Å². The lowest BCUT2D eigenvalue weighted by Gasteiger charge is -2.26. The van der Waals surface area contributed by atoms with E-state index in [0.717, 1.165) is 33.3 Å². The van der Waals surface area contributed by atoms with Crippen LogP contribution in [0.5, 0.6) is 17.2 Å². The Kier molecular flexibility index (Phi) is 5.29. The number of nitrogens with one attached hydrogen (secondary N) is 1. The van der Waals surface area contributed by atoms with Crippen LogP contribution in [0, 0.1) is 0 Å². The summed E-state index contributed by atoms with van der Waals surface area (Å²) in [5.41, 5.74) is 4.33. The molecule has 182 valence electrons. The van der Waals surface area contributed by atoms with Crippen LogP contribution in [0.2, 0.25) is 0 Å². The molecule has 2 aliphatic heterocycles. The van der Waals surface area contributed by atoms with Gasteiger partial charge in [0.15, 0.2) is 11.5 Å². The number of hydrogen-bond donors (Lipinski definition) is 1. The highest BCUT2D eigenvalue weighted by Crippen LogP contribution is 2.44. The van der Waals surface area contributed by atoms with Crippen molar-refractivity contribution >= 4 is 22.7 Å². The Bertz CT molecular complexity index is 1490. The Labute approximate surface area is 208 Å². The Balaban J connectivity index is 1.30. The van der Waals surface area contributed by atoms with Crippen LogP contribution < -0.4 is 19.5 Å². The van der Waals surface area contributed by atoms with Gasteiger partial charge in [-0.2, -0.15) is 0 Å². The Morgan fingerprint density at radius 1 is 1.06 bits per heavy atom. The van der Waals surface area contributed by atoms with Crippen molar-refractivity contribution in [3.05, 3.63) is 89.1 Å². The van der Waals surface area contributed by atoms with E-state index >= 15 is 0 Å². The van der Waals surface area contributed by atoms with E-state index in [1.165, 1.54) is 0 Å². The van der Waals surface area contributed by atoms with Gasteiger partial charge in [0.25, 0.3) is 5.91 Å². The largest absolute Gasteiger partial charge is 0.497 e. The summed E-state index contributed by atoms with van der Waals surface area (Å²) < 4.78 is 18.0. The van der Waals surface area contributed by atoms with E-state index < -0.39 is 0 Å². The van der Waals surface area contributed by atoms with E-state index in [2.05, 4.69) is 5.32 Å². The molecule has 1 aromatic heterocycles. The number of methoxy groups -OCH3 is 1. The van der Waals surface area contributed by atoms with Gasteiger partial charge in [0.2, 0.25) is 12.7 Å². The predicted molar refractivity (Wildman–Crippen MR) is 133 cm³/mol. The maximum Gasteiger partial charge on any atom is 0.272 e. The fraction of sp³-hybridized carbons (Fsp3) is 0.214. The highest BCUT2D eigenvalue weighted by atomic mass is 16.7. The Morgan fingerprint density at radius 3 is 2.64 bits per heavy atom. The second-order valence-corrected chi connectivity index (χ2v) is 8.91. The molecule has 0 bridgehead atoms. The Hall–Kier alpha value is -4.46. The first kappa shape index (κ1) is 22.0. The smallest absolute Gasteiger partial charge is 0.272 e. The number of rotatable bonds is 6. The number of carbonyl (C=O) groups is 2. The molecule has 0 saturated carbocycles. The van der Waals surface area contributed by atoms with Gasteiger partial charge in [-0.05, 0) is 41.5 Å². The molecular weight excluding hydrogens is 458 g/mol. The summed E-state index contributed by atoms with van der Waals surface area (Å²) in [7, 11) is 3.51. The van der Waals surface area contributed by atoms with Crippen LogP contribution in [0.1, 0.15) is 33.2 Å². The summed E-state index contributed by atoms with van der Waals surface area (Å²) in [5, 5.41) is 3.95. The third-order valence-electron chi connectivity index (χ3n) is 6.87. The molecule has 2 aliphatic rings. The first-order chi connectivity index (χ1) is 17.5. The summed E-state index contributed by atoms with van der Waals surface area (Å²) >= 11 is 0. The van der Waals surface area contributed by atoms with Gasteiger partial charge in [-0.1, -0.05) is 36.4 Å². The summed E-state index contributed by atoms with van der Waals surface area (Å²) in [4.78, 5) is 28.4. The van der Waals surface area contributed by atoms with Gasteiger partial charge in [-0.15, -0.1) is 0 Å². The number of nitrogens with zero attached hydrogens (tertiary/aromatic N) is 2. The number of benzene rings is 3. The summed E-state index contributed by atoms with van der Waals surface area (Å²) in [6, 6.07) is 20.8. The third-order valence-corrected chi connectivity index (χ3v) is 6.87. The topological polar surface area (TPSA) is 82.0 Å². The maximum atomic E-state index is 13.7. The van der Waals surface area contributed by atoms with E-state index in [1.807, 2.05) is 78.3 Å². The van der Waals surface area contributed by atoms with Crippen LogP contribution in [-0.4, -0.2) is 41.7 Å². The predicted octanol–water partition coefficient (Wildman–Crippen LogP) is 3.78. The van der Waals surface area contributed by atoms with Crippen molar-refractivity contribution in [1.29, 1.82) is 0 Å². The van der Waals surface area contributed by atoms with Gasteiger partial charge < -0.3 is 29.0 Å². The quantitative estimate of drug-likeness (QED) is 0.452. The second kappa shape index (κ2) is 8.64. The molecular formula is C28H25N3O5. The zero-order valence-electron chi connectivity index (χ0n) is 20.0. The lowest BCUT2D eigenvalue weighted by atomic mass is 9.98. The molecule has 1 atom stereocenters. The van der Waals surface area contributed by atoms with Gasteiger partial charge in [-0.3, -0.25) is 9.59 Å². The van der Waals surface area contributed by atoms with Gasteiger partial charge >= 0.3 is 0 Å². The molecule has 3 aromatic carbocycles. The van der Waals surface area contributed by atoms with Gasteiger partial charge in [0, 0.05) is 30.1 Å². The summed E-state index contributed by atoms with van der Waals surface area (Å²) in [6.45, 7) is 0.452. The van der Waals surface area contributed by atoms with Gasteiger partial charge in [0.05, 0.1) is 13.2 Å². The first-order valence-electron chi connectivity index (χ1n) is 11.7. The SMILES string of the molecule is COc1ccc(C2c3c(n(C)c4ccccc34)C(=O)N2CC(=O)NCc2ccc3c(c2)OCO3)cc1. The lowest BCUT2D eigenvalue weighted by Crippen LogP contribution is -2.39.